The largest absolute Gasteiger partial charge is 0.497 e. The first-order valence-electron chi connectivity index (χ1n) is 9.21. The molecule has 2 aromatic carbocycles. The van der Waals surface area contributed by atoms with Gasteiger partial charge < -0.3 is 14.6 Å². The highest BCUT2D eigenvalue weighted by Gasteiger charge is 2.61. The highest BCUT2D eigenvalue weighted by atomic mass is 19.1. The number of rotatable bonds is 5. The molecule has 2 heterocycles. The predicted molar refractivity (Wildman–Crippen MR) is 103 cm³/mol. The number of halogens is 1. The van der Waals surface area contributed by atoms with Crippen molar-refractivity contribution in [1.82, 2.24) is 5.32 Å². The normalized spacial score (nSPS) is 25.4. The topological polar surface area (TPSA) is 105 Å². The first kappa shape index (κ1) is 19.8. The molecule has 2 aliphatic heterocycles. The molecule has 0 aliphatic carbocycles. The number of nitrogens with zero attached hydrogens (tertiary/aromatic N) is 1. The van der Waals surface area contributed by atoms with Crippen molar-refractivity contribution in [2.24, 2.45) is 11.8 Å². The molecule has 0 saturated carbocycles. The maximum absolute atomic E-state index is 13.3. The molecule has 2 fully saturated rings. The van der Waals surface area contributed by atoms with Crippen LogP contribution in [0.15, 0.2) is 42.5 Å². The van der Waals surface area contributed by atoms with Crippen LogP contribution in [0.2, 0.25) is 0 Å². The molecule has 0 unspecified atom stereocenters. The van der Waals surface area contributed by atoms with Gasteiger partial charge >= 0.3 is 5.97 Å². The second-order valence-corrected chi connectivity index (χ2v) is 7.11. The summed E-state index contributed by atoms with van der Waals surface area (Å²) in [5, 5.41) is 12.6. The molecule has 4 atom stereocenters. The summed E-state index contributed by atoms with van der Waals surface area (Å²) in [7, 11) is 2.95. The van der Waals surface area contributed by atoms with Gasteiger partial charge in [-0.15, -0.1) is 0 Å². The Hall–Kier alpha value is -3.46. The lowest BCUT2D eigenvalue weighted by molar-refractivity contribution is -0.142. The van der Waals surface area contributed by atoms with Crippen molar-refractivity contribution in [3.63, 3.8) is 0 Å². The molecule has 0 radical (unpaired) electrons. The molecular formula is C21H19FN2O6. The Balaban J connectivity index is 1.79. The molecule has 8 nitrogen and oxygen atoms in total. The van der Waals surface area contributed by atoms with Crippen LogP contribution in [0.25, 0.3) is 0 Å². The minimum absolute atomic E-state index is 0.199. The first-order chi connectivity index (χ1) is 14.4. The second kappa shape index (κ2) is 7.42. The lowest BCUT2D eigenvalue weighted by atomic mass is 9.86. The number of benzene rings is 2. The molecule has 4 rings (SSSR count). The molecule has 0 bridgehead atoms. The van der Waals surface area contributed by atoms with Crippen LogP contribution in [-0.4, -0.2) is 43.2 Å². The Morgan fingerprint density at radius 2 is 1.70 bits per heavy atom. The number of carbonyl (C=O) groups excluding carboxylic acids is 2. The smallest absolute Gasteiger partial charge is 0.321 e. The number of imide groups is 1. The highest BCUT2D eigenvalue weighted by Crippen LogP contribution is 2.47. The molecule has 2 aliphatic rings. The molecule has 0 spiro atoms. The van der Waals surface area contributed by atoms with Crippen molar-refractivity contribution in [2.75, 3.05) is 19.1 Å². The lowest BCUT2D eigenvalue weighted by Crippen LogP contribution is -2.43. The summed E-state index contributed by atoms with van der Waals surface area (Å²) in [6.45, 7) is 0. The zero-order chi connectivity index (χ0) is 21.6. The Morgan fingerprint density at radius 1 is 1.03 bits per heavy atom. The standard InChI is InChI=1S/C21H19FN2O6/c1-29-12-7-8-13(14(9-12)30-2)17-15-16(18(23-17)21(27)28)20(26)24(19(15)25)11-5-3-10(22)4-6-11/h3-9,15-18,23H,1-2H3,(H,27,28)/t15-,16+,17-,18-/m0/s1. The first-order valence-corrected chi connectivity index (χ1v) is 9.21. The zero-order valence-electron chi connectivity index (χ0n) is 16.2. The molecule has 0 aromatic heterocycles. The number of amides is 2. The maximum atomic E-state index is 13.3. The van der Waals surface area contributed by atoms with Gasteiger partial charge in [0.15, 0.2) is 0 Å². The van der Waals surface area contributed by atoms with Crippen LogP contribution in [0.5, 0.6) is 11.5 Å². The number of carboxylic acids is 1. The molecule has 156 valence electrons. The molecule has 30 heavy (non-hydrogen) atoms. The van der Waals surface area contributed by atoms with Gasteiger partial charge in [-0.05, 0) is 30.3 Å². The van der Waals surface area contributed by atoms with Gasteiger partial charge in [-0.25, -0.2) is 9.29 Å². The van der Waals surface area contributed by atoms with E-state index < -0.39 is 47.5 Å². The Kier molecular flexibility index (Phi) is 4.90. The number of ether oxygens (including phenoxy) is 2. The molecule has 2 saturated heterocycles. The Morgan fingerprint density at radius 3 is 2.30 bits per heavy atom. The van der Waals surface area contributed by atoms with E-state index in [0.717, 1.165) is 17.0 Å². The SMILES string of the molecule is COc1ccc([C@@H]2N[C@H](C(=O)O)[C@@H]3C(=O)N(c4ccc(F)cc4)C(=O)[C@@H]32)c(OC)c1. The fourth-order valence-corrected chi connectivity index (χ4v) is 4.24. The third-order valence-electron chi connectivity index (χ3n) is 5.60. The van der Waals surface area contributed by atoms with Crippen LogP contribution in [0, 0.1) is 17.7 Å². The third kappa shape index (κ3) is 2.98. The summed E-state index contributed by atoms with van der Waals surface area (Å²) in [5.41, 5.74) is 0.740. The zero-order valence-corrected chi connectivity index (χ0v) is 16.2. The van der Waals surface area contributed by atoms with Crippen LogP contribution in [0.4, 0.5) is 10.1 Å². The number of carboxylic acid groups (broad SMARTS) is 1. The van der Waals surface area contributed by atoms with Crippen molar-refractivity contribution in [2.45, 2.75) is 12.1 Å². The predicted octanol–water partition coefficient (Wildman–Crippen LogP) is 1.75. The number of aliphatic carboxylic acids is 1. The van der Waals surface area contributed by atoms with Gasteiger partial charge in [0.25, 0.3) is 0 Å². The highest BCUT2D eigenvalue weighted by molar-refractivity contribution is 6.23. The third-order valence-corrected chi connectivity index (χ3v) is 5.60. The monoisotopic (exact) mass is 414 g/mol. The van der Waals surface area contributed by atoms with Crippen LogP contribution < -0.4 is 19.7 Å². The van der Waals surface area contributed by atoms with Gasteiger partial charge in [-0.2, -0.15) is 0 Å². The van der Waals surface area contributed by atoms with Gasteiger partial charge in [0.05, 0.1) is 31.7 Å². The summed E-state index contributed by atoms with van der Waals surface area (Å²) in [4.78, 5) is 39.2. The van der Waals surface area contributed by atoms with E-state index in [1.54, 1.807) is 18.2 Å². The summed E-state index contributed by atoms with van der Waals surface area (Å²) in [5.74, 6) is -4.05. The molecule has 2 aromatic rings. The summed E-state index contributed by atoms with van der Waals surface area (Å²) >= 11 is 0. The van der Waals surface area contributed by atoms with Gasteiger partial charge in [-0.1, -0.05) is 6.07 Å². The van der Waals surface area contributed by atoms with E-state index in [2.05, 4.69) is 5.32 Å². The Bertz CT molecular complexity index is 1020. The van der Waals surface area contributed by atoms with Crippen molar-refractivity contribution < 1.29 is 33.4 Å². The van der Waals surface area contributed by atoms with Crippen molar-refractivity contribution in [3.05, 3.63) is 53.8 Å². The summed E-state index contributed by atoms with van der Waals surface area (Å²) in [6.07, 6.45) is 0. The lowest BCUT2D eigenvalue weighted by Gasteiger charge is -2.23. The fraction of sp³-hybridized carbons (Fsp3) is 0.286. The fourth-order valence-electron chi connectivity index (χ4n) is 4.24. The molecule has 2 N–H and O–H groups in total. The van der Waals surface area contributed by atoms with Gasteiger partial charge in [0, 0.05) is 17.7 Å². The van der Waals surface area contributed by atoms with E-state index in [9.17, 15) is 23.9 Å². The second-order valence-electron chi connectivity index (χ2n) is 7.11. The van der Waals surface area contributed by atoms with E-state index in [-0.39, 0.29) is 5.69 Å². The average molecular weight is 414 g/mol. The molecule has 9 heteroatoms. The number of anilines is 1. The van der Waals surface area contributed by atoms with Crippen molar-refractivity contribution >= 4 is 23.5 Å². The Labute approximate surface area is 171 Å². The van der Waals surface area contributed by atoms with Crippen molar-refractivity contribution in [1.29, 1.82) is 0 Å². The number of methoxy groups -OCH3 is 2. The quantitative estimate of drug-likeness (QED) is 0.718. The maximum Gasteiger partial charge on any atom is 0.321 e. The summed E-state index contributed by atoms with van der Waals surface area (Å²) in [6, 6.07) is 7.86. The summed E-state index contributed by atoms with van der Waals surface area (Å²) < 4.78 is 23.9. The van der Waals surface area contributed by atoms with E-state index in [1.807, 2.05) is 0 Å². The van der Waals surface area contributed by atoms with Crippen molar-refractivity contribution in [3.8, 4) is 11.5 Å². The molecular weight excluding hydrogens is 395 g/mol. The average Bonchev–Trinajstić information content (AvgIpc) is 3.25. The van der Waals surface area contributed by atoms with E-state index in [1.165, 1.54) is 26.4 Å². The van der Waals surface area contributed by atoms with Gasteiger partial charge in [-0.3, -0.25) is 19.7 Å². The number of hydrogen-bond donors (Lipinski definition) is 2. The van der Waals surface area contributed by atoms with Gasteiger partial charge in [0.2, 0.25) is 11.8 Å². The van der Waals surface area contributed by atoms with Crippen LogP contribution >= 0.6 is 0 Å². The van der Waals surface area contributed by atoms with E-state index in [0.29, 0.717) is 17.1 Å². The number of nitrogens with one attached hydrogen (secondary N) is 1. The van der Waals surface area contributed by atoms with Crippen LogP contribution in [0.1, 0.15) is 11.6 Å². The van der Waals surface area contributed by atoms with Crippen LogP contribution in [-0.2, 0) is 14.4 Å². The number of hydrogen-bond acceptors (Lipinski definition) is 6. The van der Waals surface area contributed by atoms with Gasteiger partial charge in [0.1, 0.15) is 23.4 Å². The minimum Gasteiger partial charge on any atom is -0.497 e. The molecule has 2 amide bonds. The minimum atomic E-state index is -1.26. The number of carbonyl (C=O) groups is 3. The van der Waals surface area contributed by atoms with E-state index >= 15 is 0 Å². The van der Waals surface area contributed by atoms with Crippen LogP contribution in [0.3, 0.4) is 0 Å². The number of fused-ring (bicyclic) bond motifs is 1. The van der Waals surface area contributed by atoms with E-state index in [4.69, 9.17) is 9.47 Å².